The molecule has 154 valence electrons. The highest BCUT2D eigenvalue weighted by atomic mass is 16.7. The Labute approximate surface area is 162 Å². The van der Waals surface area contributed by atoms with E-state index in [2.05, 4.69) is 0 Å². The molecule has 0 unspecified atom stereocenters. The van der Waals surface area contributed by atoms with E-state index < -0.39 is 17.8 Å². The Hall–Kier alpha value is -1.43. The van der Waals surface area contributed by atoms with E-state index in [1.54, 1.807) is 0 Å². The SMILES string of the molecule is O=C(COC1CCCCCCCCCCCCCC1)ON1C(=O)CCC1=O. The Kier molecular flexibility index (Phi) is 10.4. The number of ether oxygens (including phenoxy) is 1. The molecule has 0 N–H and O–H groups in total. The molecule has 27 heavy (non-hydrogen) atoms. The van der Waals surface area contributed by atoms with E-state index >= 15 is 0 Å². The van der Waals surface area contributed by atoms with Gasteiger partial charge < -0.3 is 9.57 Å². The van der Waals surface area contributed by atoms with Gasteiger partial charge in [0.15, 0.2) is 0 Å². The van der Waals surface area contributed by atoms with Crippen LogP contribution in [0, 0.1) is 0 Å². The molecule has 1 saturated heterocycles. The highest BCUT2D eigenvalue weighted by Crippen LogP contribution is 2.19. The predicted octanol–water partition coefficient (Wildman–Crippen LogP) is 4.45. The van der Waals surface area contributed by atoms with Gasteiger partial charge in [-0.3, -0.25) is 9.59 Å². The van der Waals surface area contributed by atoms with Gasteiger partial charge in [0.05, 0.1) is 6.10 Å². The molecule has 1 heterocycles. The first kappa shape index (κ1) is 21.9. The number of rotatable bonds is 4. The molecule has 0 aromatic heterocycles. The fourth-order valence-electron chi connectivity index (χ4n) is 3.79. The summed E-state index contributed by atoms with van der Waals surface area (Å²) in [5.74, 6) is -1.58. The highest BCUT2D eigenvalue weighted by molar-refractivity contribution is 6.01. The smallest absolute Gasteiger partial charge is 0.358 e. The van der Waals surface area contributed by atoms with Gasteiger partial charge in [0.1, 0.15) is 6.61 Å². The first-order valence-corrected chi connectivity index (χ1v) is 10.8. The Bertz CT molecular complexity index is 447. The fourth-order valence-corrected chi connectivity index (χ4v) is 3.79. The monoisotopic (exact) mass is 381 g/mol. The second kappa shape index (κ2) is 12.9. The van der Waals surface area contributed by atoms with Crippen LogP contribution in [-0.2, 0) is 24.0 Å². The summed E-state index contributed by atoms with van der Waals surface area (Å²) in [4.78, 5) is 39.8. The van der Waals surface area contributed by atoms with Crippen molar-refractivity contribution in [2.75, 3.05) is 6.61 Å². The fraction of sp³-hybridized carbons (Fsp3) is 0.857. The summed E-state index contributed by atoms with van der Waals surface area (Å²) in [5, 5.41) is 0.585. The van der Waals surface area contributed by atoms with E-state index in [4.69, 9.17) is 9.57 Å². The minimum atomic E-state index is -0.672. The number of amides is 2. The van der Waals surface area contributed by atoms with Crippen LogP contribution in [0.1, 0.15) is 103 Å². The molecule has 6 nitrogen and oxygen atoms in total. The second-order valence-electron chi connectivity index (χ2n) is 7.80. The number of hydrogen-bond acceptors (Lipinski definition) is 5. The number of imide groups is 1. The van der Waals surface area contributed by atoms with Gasteiger partial charge in [0, 0.05) is 12.8 Å². The van der Waals surface area contributed by atoms with Crippen molar-refractivity contribution < 1.29 is 24.0 Å². The van der Waals surface area contributed by atoms with Crippen LogP contribution < -0.4 is 0 Å². The molecule has 1 aliphatic carbocycles. The zero-order chi connectivity index (χ0) is 19.3. The van der Waals surface area contributed by atoms with Crippen molar-refractivity contribution in [3.05, 3.63) is 0 Å². The first-order chi connectivity index (χ1) is 13.2. The summed E-state index contributed by atoms with van der Waals surface area (Å²) in [6, 6.07) is 0. The summed E-state index contributed by atoms with van der Waals surface area (Å²) in [6.45, 7) is -0.207. The molecule has 2 rings (SSSR count). The summed E-state index contributed by atoms with van der Waals surface area (Å²) in [5.41, 5.74) is 0. The summed E-state index contributed by atoms with van der Waals surface area (Å²) in [7, 11) is 0. The lowest BCUT2D eigenvalue weighted by molar-refractivity contribution is -0.201. The van der Waals surface area contributed by atoms with Crippen molar-refractivity contribution in [3.8, 4) is 0 Å². The molecule has 6 heteroatoms. The van der Waals surface area contributed by atoms with Crippen LogP contribution >= 0.6 is 0 Å². The quantitative estimate of drug-likeness (QED) is 0.673. The van der Waals surface area contributed by atoms with E-state index in [-0.39, 0.29) is 25.6 Å². The average Bonchev–Trinajstić information content (AvgIpc) is 2.96. The van der Waals surface area contributed by atoms with Gasteiger partial charge in [0.2, 0.25) is 0 Å². The third-order valence-corrected chi connectivity index (χ3v) is 5.44. The second-order valence-corrected chi connectivity index (χ2v) is 7.80. The molecule has 1 saturated carbocycles. The topological polar surface area (TPSA) is 72.9 Å². The van der Waals surface area contributed by atoms with Gasteiger partial charge in [-0.05, 0) is 12.8 Å². The molecule has 2 amide bonds. The van der Waals surface area contributed by atoms with Gasteiger partial charge in [-0.2, -0.15) is 0 Å². The summed E-state index contributed by atoms with van der Waals surface area (Å²) >= 11 is 0. The molecule has 0 aromatic carbocycles. The maximum Gasteiger partial charge on any atom is 0.358 e. The van der Waals surface area contributed by atoms with Crippen molar-refractivity contribution >= 4 is 17.8 Å². The molecular weight excluding hydrogens is 346 g/mol. The van der Waals surface area contributed by atoms with Gasteiger partial charge >= 0.3 is 5.97 Å². The largest absolute Gasteiger partial charge is 0.366 e. The summed E-state index contributed by atoms with van der Waals surface area (Å²) < 4.78 is 5.79. The average molecular weight is 382 g/mol. The molecule has 2 aliphatic rings. The van der Waals surface area contributed by atoms with Gasteiger partial charge in [-0.25, -0.2) is 4.79 Å². The number of hydroxylamine groups is 2. The Morgan fingerprint density at radius 3 is 1.59 bits per heavy atom. The van der Waals surface area contributed by atoms with Crippen LogP contribution in [0.15, 0.2) is 0 Å². The zero-order valence-electron chi connectivity index (χ0n) is 16.6. The van der Waals surface area contributed by atoms with E-state index in [9.17, 15) is 14.4 Å². The van der Waals surface area contributed by atoms with E-state index in [1.165, 1.54) is 64.2 Å². The number of hydrogen-bond donors (Lipinski definition) is 0. The number of carbonyl (C=O) groups is 3. The molecule has 0 atom stereocenters. The number of nitrogens with zero attached hydrogens (tertiary/aromatic N) is 1. The Balaban J connectivity index is 1.72. The molecular formula is C21H35NO5. The minimum Gasteiger partial charge on any atom is -0.366 e. The third kappa shape index (κ3) is 8.87. The Morgan fingerprint density at radius 2 is 1.15 bits per heavy atom. The van der Waals surface area contributed by atoms with Crippen molar-refractivity contribution in [2.45, 2.75) is 109 Å². The van der Waals surface area contributed by atoms with Crippen molar-refractivity contribution in [3.63, 3.8) is 0 Å². The normalized spacial score (nSPS) is 22.3. The maximum atomic E-state index is 11.9. The van der Waals surface area contributed by atoms with Crippen LogP contribution in [-0.4, -0.2) is 35.6 Å². The zero-order valence-corrected chi connectivity index (χ0v) is 16.6. The van der Waals surface area contributed by atoms with E-state index in [0.29, 0.717) is 5.06 Å². The van der Waals surface area contributed by atoms with Gasteiger partial charge in [-0.1, -0.05) is 77.0 Å². The van der Waals surface area contributed by atoms with E-state index in [1.807, 2.05) is 0 Å². The standard InChI is InChI=1S/C21H35NO5/c23-19-15-16-20(24)22(19)27-21(25)17-26-18-13-11-9-7-5-3-1-2-4-6-8-10-12-14-18/h18H,1-17H2. The molecule has 1 aliphatic heterocycles. The van der Waals surface area contributed by atoms with Crippen LogP contribution in [0.5, 0.6) is 0 Å². The van der Waals surface area contributed by atoms with Crippen LogP contribution in [0.4, 0.5) is 0 Å². The van der Waals surface area contributed by atoms with Crippen LogP contribution in [0.2, 0.25) is 0 Å². The van der Waals surface area contributed by atoms with Crippen LogP contribution in [0.25, 0.3) is 0 Å². The third-order valence-electron chi connectivity index (χ3n) is 5.44. The Morgan fingerprint density at radius 1 is 0.741 bits per heavy atom. The van der Waals surface area contributed by atoms with E-state index in [0.717, 1.165) is 25.7 Å². The van der Waals surface area contributed by atoms with Gasteiger partial charge in [0.25, 0.3) is 11.8 Å². The van der Waals surface area contributed by atoms with Crippen molar-refractivity contribution in [2.24, 2.45) is 0 Å². The van der Waals surface area contributed by atoms with Crippen molar-refractivity contribution in [1.29, 1.82) is 0 Å². The highest BCUT2D eigenvalue weighted by Gasteiger charge is 2.32. The molecule has 0 bridgehead atoms. The molecule has 0 radical (unpaired) electrons. The summed E-state index contributed by atoms with van der Waals surface area (Å²) in [6.07, 6.45) is 17.4. The maximum absolute atomic E-state index is 11.9. The van der Waals surface area contributed by atoms with Crippen molar-refractivity contribution in [1.82, 2.24) is 5.06 Å². The van der Waals surface area contributed by atoms with Crippen LogP contribution in [0.3, 0.4) is 0 Å². The molecule has 0 spiro atoms. The predicted molar refractivity (Wildman–Crippen MR) is 102 cm³/mol. The molecule has 2 fully saturated rings. The first-order valence-electron chi connectivity index (χ1n) is 10.8. The number of carbonyl (C=O) groups excluding carboxylic acids is 3. The lowest BCUT2D eigenvalue weighted by Crippen LogP contribution is -2.34. The van der Waals surface area contributed by atoms with Gasteiger partial charge in [-0.15, -0.1) is 5.06 Å². The lowest BCUT2D eigenvalue weighted by atomic mass is 10.0. The minimum absolute atomic E-state index is 0.0488. The molecule has 0 aromatic rings. The lowest BCUT2D eigenvalue weighted by Gasteiger charge is -2.18.